The Balaban J connectivity index is 2.18. The molecule has 6 nitrogen and oxygen atoms in total. The Bertz CT molecular complexity index is 575. The third-order valence-electron chi connectivity index (χ3n) is 2.73. The number of hydrogen-bond donors (Lipinski definition) is 2. The fourth-order valence-electron chi connectivity index (χ4n) is 1.75. The van der Waals surface area contributed by atoms with E-state index in [0.29, 0.717) is 23.6 Å². The molecule has 1 heterocycles. The van der Waals surface area contributed by atoms with Crippen LogP contribution in [-0.2, 0) is 6.54 Å². The predicted octanol–water partition coefficient (Wildman–Crippen LogP) is 1.75. The fourth-order valence-corrected chi connectivity index (χ4v) is 1.75. The van der Waals surface area contributed by atoms with Gasteiger partial charge in [-0.05, 0) is 31.2 Å². The van der Waals surface area contributed by atoms with Gasteiger partial charge in [-0.2, -0.15) is 5.10 Å². The minimum Gasteiger partial charge on any atom is -0.497 e. The average Bonchev–Trinajstić information content (AvgIpc) is 2.80. The molecule has 1 amide bonds. The van der Waals surface area contributed by atoms with Gasteiger partial charge in [-0.1, -0.05) is 0 Å². The SMILES string of the molecule is CCn1ncc(N)c1C(=O)Nc1ccc(OC)cc1. The van der Waals surface area contributed by atoms with Gasteiger partial charge in [0.25, 0.3) is 5.91 Å². The Labute approximate surface area is 111 Å². The molecular weight excluding hydrogens is 244 g/mol. The fraction of sp³-hybridized carbons (Fsp3) is 0.231. The molecule has 100 valence electrons. The van der Waals surface area contributed by atoms with E-state index in [1.54, 1.807) is 36.1 Å². The van der Waals surface area contributed by atoms with Crippen LogP contribution in [0.15, 0.2) is 30.5 Å². The lowest BCUT2D eigenvalue weighted by molar-refractivity contribution is 0.101. The van der Waals surface area contributed by atoms with Gasteiger partial charge < -0.3 is 15.8 Å². The van der Waals surface area contributed by atoms with Gasteiger partial charge in [-0.15, -0.1) is 0 Å². The molecule has 0 saturated carbocycles. The molecule has 0 aliphatic heterocycles. The van der Waals surface area contributed by atoms with Crippen LogP contribution >= 0.6 is 0 Å². The van der Waals surface area contributed by atoms with Crippen molar-refractivity contribution < 1.29 is 9.53 Å². The number of nitrogen functional groups attached to an aromatic ring is 1. The maximum absolute atomic E-state index is 12.1. The van der Waals surface area contributed by atoms with Crippen molar-refractivity contribution in [1.29, 1.82) is 0 Å². The van der Waals surface area contributed by atoms with E-state index in [2.05, 4.69) is 10.4 Å². The number of methoxy groups -OCH3 is 1. The first-order valence-corrected chi connectivity index (χ1v) is 5.92. The number of aryl methyl sites for hydroxylation is 1. The van der Waals surface area contributed by atoms with Crippen molar-refractivity contribution in [3.8, 4) is 5.75 Å². The number of anilines is 2. The van der Waals surface area contributed by atoms with Gasteiger partial charge in [0, 0.05) is 12.2 Å². The van der Waals surface area contributed by atoms with Crippen LogP contribution in [0.3, 0.4) is 0 Å². The highest BCUT2D eigenvalue weighted by molar-refractivity contribution is 6.06. The van der Waals surface area contributed by atoms with E-state index in [4.69, 9.17) is 10.5 Å². The summed E-state index contributed by atoms with van der Waals surface area (Å²) in [5, 5.41) is 6.81. The van der Waals surface area contributed by atoms with Crippen LogP contribution in [0.5, 0.6) is 5.75 Å². The first kappa shape index (κ1) is 12.9. The number of rotatable bonds is 4. The predicted molar refractivity (Wildman–Crippen MR) is 73.3 cm³/mol. The zero-order valence-electron chi connectivity index (χ0n) is 10.9. The van der Waals surface area contributed by atoms with Crippen molar-refractivity contribution in [2.75, 3.05) is 18.2 Å². The van der Waals surface area contributed by atoms with Crippen LogP contribution < -0.4 is 15.8 Å². The summed E-state index contributed by atoms with van der Waals surface area (Å²) < 4.78 is 6.62. The average molecular weight is 260 g/mol. The Morgan fingerprint density at radius 2 is 2.11 bits per heavy atom. The van der Waals surface area contributed by atoms with E-state index in [0.717, 1.165) is 5.75 Å². The minimum atomic E-state index is -0.276. The first-order chi connectivity index (χ1) is 9.15. The maximum atomic E-state index is 12.1. The van der Waals surface area contributed by atoms with Gasteiger partial charge in [0.1, 0.15) is 11.4 Å². The Hall–Kier alpha value is -2.50. The van der Waals surface area contributed by atoms with E-state index in [1.807, 2.05) is 6.92 Å². The second kappa shape index (κ2) is 5.43. The monoisotopic (exact) mass is 260 g/mol. The smallest absolute Gasteiger partial charge is 0.276 e. The molecule has 0 fully saturated rings. The van der Waals surface area contributed by atoms with Crippen LogP contribution in [0.2, 0.25) is 0 Å². The zero-order valence-corrected chi connectivity index (χ0v) is 10.9. The molecule has 0 spiro atoms. The van der Waals surface area contributed by atoms with Gasteiger partial charge in [0.2, 0.25) is 0 Å². The highest BCUT2D eigenvalue weighted by Gasteiger charge is 2.16. The van der Waals surface area contributed by atoms with Crippen molar-refractivity contribution in [2.24, 2.45) is 0 Å². The molecule has 0 aliphatic carbocycles. The molecule has 2 aromatic rings. The molecule has 0 saturated heterocycles. The molecule has 0 bridgehead atoms. The van der Waals surface area contributed by atoms with Crippen LogP contribution in [0.1, 0.15) is 17.4 Å². The summed E-state index contributed by atoms with van der Waals surface area (Å²) in [5.74, 6) is 0.457. The normalized spacial score (nSPS) is 10.2. The van der Waals surface area contributed by atoms with Crippen molar-refractivity contribution in [3.63, 3.8) is 0 Å². The van der Waals surface area contributed by atoms with Gasteiger partial charge >= 0.3 is 0 Å². The number of amides is 1. The molecule has 0 radical (unpaired) electrons. The topological polar surface area (TPSA) is 82.2 Å². The second-order valence-electron chi connectivity index (χ2n) is 3.95. The number of nitrogens with two attached hydrogens (primary N) is 1. The molecule has 3 N–H and O–H groups in total. The Kier molecular flexibility index (Phi) is 3.70. The zero-order chi connectivity index (χ0) is 13.8. The first-order valence-electron chi connectivity index (χ1n) is 5.92. The molecule has 1 aromatic heterocycles. The lowest BCUT2D eigenvalue weighted by atomic mass is 10.2. The van der Waals surface area contributed by atoms with E-state index in [-0.39, 0.29) is 5.91 Å². The highest BCUT2D eigenvalue weighted by atomic mass is 16.5. The quantitative estimate of drug-likeness (QED) is 0.877. The molecule has 0 atom stereocenters. The van der Waals surface area contributed by atoms with Crippen molar-refractivity contribution in [1.82, 2.24) is 9.78 Å². The second-order valence-corrected chi connectivity index (χ2v) is 3.95. The summed E-state index contributed by atoms with van der Waals surface area (Å²) in [6.07, 6.45) is 1.48. The molecule has 0 aliphatic rings. The van der Waals surface area contributed by atoms with Gasteiger partial charge in [0.15, 0.2) is 0 Å². The maximum Gasteiger partial charge on any atom is 0.276 e. The van der Waals surface area contributed by atoms with Crippen LogP contribution in [0.4, 0.5) is 11.4 Å². The van der Waals surface area contributed by atoms with Gasteiger partial charge in [-0.3, -0.25) is 9.48 Å². The van der Waals surface area contributed by atoms with E-state index in [1.165, 1.54) is 6.20 Å². The minimum absolute atomic E-state index is 0.276. The molecule has 19 heavy (non-hydrogen) atoms. The highest BCUT2D eigenvalue weighted by Crippen LogP contribution is 2.17. The summed E-state index contributed by atoms with van der Waals surface area (Å²) in [7, 11) is 1.59. The summed E-state index contributed by atoms with van der Waals surface area (Å²) in [6.45, 7) is 2.49. The summed E-state index contributed by atoms with van der Waals surface area (Å²) in [5.41, 5.74) is 7.17. The summed E-state index contributed by atoms with van der Waals surface area (Å²) in [6, 6.07) is 7.07. The summed E-state index contributed by atoms with van der Waals surface area (Å²) >= 11 is 0. The molecule has 6 heteroatoms. The number of hydrogen-bond acceptors (Lipinski definition) is 4. The lowest BCUT2D eigenvalue weighted by Gasteiger charge is -2.08. The van der Waals surface area contributed by atoms with Crippen molar-refractivity contribution >= 4 is 17.3 Å². The summed E-state index contributed by atoms with van der Waals surface area (Å²) in [4.78, 5) is 12.1. The van der Waals surface area contributed by atoms with Crippen molar-refractivity contribution in [3.05, 3.63) is 36.2 Å². The van der Waals surface area contributed by atoms with E-state index >= 15 is 0 Å². The van der Waals surface area contributed by atoms with Crippen molar-refractivity contribution in [2.45, 2.75) is 13.5 Å². The number of carbonyl (C=O) groups excluding carboxylic acids is 1. The third-order valence-corrected chi connectivity index (χ3v) is 2.73. The molecule has 0 unspecified atom stereocenters. The largest absolute Gasteiger partial charge is 0.497 e. The lowest BCUT2D eigenvalue weighted by Crippen LogP contribution is -2.18. The third kappa shape index (κ3) is 2.67. The van der Waals surface area contributed by atoms with Crippen LogP contribution in [-0.4, -0.2) is 22.8 Å². The number of aromatic nitrogens is 2. The van der Waals surface area contributed by atoms with Crippen LogP contribution in [0, 0.1) is 0 Å². The standard InChI is InChI=1S/C13H16N4O2/c1-3-17-12(11(14)8-15-17)13(18)16-9-4-6-10(19-2)7-5-9/h4-8H,3,14H2,1-2H3,(H,16,18). The van der Waals surface area contributed by atoms with Crippen LogP contribution in [0.25, 0.3) is 0 Å². The molecule has 2 rings (SSSR count). The van der Waals surface area contributed by atoms with E-state index in [9.17, 15) is 4.79 Å². The number of ether oxygens (including phenoxy) is 1. The number of carbonyl (C=O) groups is 1. The number of nitrogens with one attached hydrogen (secondary N) is 1. The van der Waals surface area contributed by atoms with Gasteiger partial charge in [-0.25, -0.2) is 0 Å². The Morgan fingerprint density at radius 1 is 1.42 bits per heavy atom. The number of nitrogens with zero attached hydrogens (tertiary/aromatic N) is 2. The van der Waals surface area contributed by atoms with Gasteiger partial charge in [0.05, 0.1) is 19.0 Å². The molecule has 1 aromatic carbocycles. The Morgan fingerprint density at radius 3 is 2.68 bits per heavy atom. The number of benzene rings is 1. The molecular formula is C13H16N4O2. The van der Waals surface area contributed by atoms with E-state index < -0.39 is 0 Å².